The number of nitrogens with zero attached hydrogens (tertiary/aromatic N) is 4. The number of benzene rings is 7. The van der Waals surface area contributed by atoms with Gasteiger partial charge in [0.15, 0.2) is 0 Å². The normalized spacial score (nSPS) is 11.8. The molecule has 53 heavy (non-hydrogen) atoms. The van der Waals surface area contributed by atoms with Crippen molar-refractivity contribution >= 4 is 54.8 Å². The Hall–Kier alpha value is -7.24. The van der Waals surface area contributed by atoms with E-state index in [1.807, 2.05) is 42.6 Å². The number of para-hydroxylation sites is 5. The molecule has 0 spiro atoms. The van der Waals surface area contributed by atoms with Crippen LogP contribution < -0.4 is 0 Å². The quantitative estimate of drug-likeness (QED) is 0.182. The van der Waals surface area contributed by atoms with Gasteiger partial charge in [-0.1, -0.05) is 103 Å². The summed E-state index contributed by atoms with van der Waals surface area (Å²) in [6.45, 7) is 0. The second-order valence-electron chi connectivity index (χ2n) is 13.4. The van der Waals surface area contributed by atoms with Crippen LogP contribution in [0.3, 0.4) is 0 Å². The number of imidazole rings is 1. The topological polar surface area (TPSA) is 48.8 Å². The molecule has 0 saturated carbocycles. The largest absolute Gasteiger partial charge is 0.455 e. The molecule has 11 rings (SSSR count). The van der Waals surface area contributed by atoms with E-state index in [-0.39, 0.29) is 0 Å². The second kappa shape index (κ2) is 11.7. The van der Waals surface area contributed by atoms with E-state index >= 15 is 0 Å². The Labute approximate surface area is 304 Å². The minimum atomic E-state index is 0.899. The third-order valence-electron chi connectivity index (χ3n) is 10.4. The lowest BCUT2D eigenvalue weighted by Crippen LogP contribution is -1.99. The summed E-state index contributed by atoms with van der Waals surface area (Å²) in [5, 5.41) is 4.69. The molecule has 4 heterocycles. The van der Waals surface area contributed by atoms with Gasteiger partial charge in [0.05, 0.1) is 27.8 Å². The van der Waals surface area contributed by atoms with Gasteiger partial charge in [0.25, 0.3) is 0 Å². The fourth-order valence-electron chi connectivity index (χ4n) is 7.95. The summed E-state index contributed by atoms with van der Waals surface area (Å²) in [5.74, 6) is 0.899. The predicted molar refractivity (Wildman–Crippen MR) is 217 cm³/mol. The van der Waals surface area contributed by atoms with Crippen molar-refractivity contribution in [2.45, 2.75) is 0 Å². The molecule has 0 radical (unpaired) electrons. The van der Waals surface area contributed by atoms with Crippen LogP contribution in [0.5, 0.6) is 0 Å². The maximum absolute atomic E-state index is 6.43. The van der Waals surface area contributed by atoms with Gasteiger partial charge in [-0.3, -0.25) is 9.55 Å². The summed E-state index contributed by atoms with van der Waals surface area (Å²) in [6.07, 6.45) is 1.83. The SMILES string of the molecule is c1ccc(-c2ccc(-c3nc4ccccc4n3-c3ccc(-n4c5ccccc5c5cc(-c6cccc7c6oc6ccccc67)ccc54)cc3)cc2)nc1. The summed E-state index contributed by atoms with van der Waals surface area (Å²) in [7, 11) is 0. The first kappa shape index (κ1) is 29.5. The van der Waals surface area contributed by atoms with Crippen molar-refractivity contribution in [3.63, 3.8) is 0 Å². The van der Waals surface area contributed by atoms with Crippen molar-refractivity contribution in [1.82, 2.24) is 19.1 Å². The molecule has 0 aliphatic carbocycles. The molecule has 5 nitrogen and oxygen atoms in total. The first-order valence-corrected chi connectivity index (χ1v) is 17.8. The maximum atomic E-state index is 6.43. The molecule has 0 unspecified atom stereocenters. The Kier molecular flexibility index (Phi) is 6.48. The van der Waals surface area contributed by atoms with Crippen LogP contribution in [-0.4, -0.2) is 19.1 Å². The minimum Gasteiger partial charge on any atom is -0.455 e. The van der Waals surface area contributed by atoms with E-state index in [1.54, 1.807) is 0 Å². The minimum absolute atomic E-state index is 0.899. The van der Waals surface area contributed by atoms with Crippen LogP contribution in [0, 0.1) is 0 Å². The van der Waals surface area contributed by atoms with E-state index in [2.05, 4.69) is 154 Å². The van der Waals surface area contributed by atoms with Gasteiger partial charge >= 0.3 is 0 Å². The van der Waals surface area contributed by atoms with Crippen LogP contribution in [-0.2, 0) is 0 Å². The van der Waals surface area contributed by atoms with Gasteiger partial charge in [-0.25, -0.2) is 4.98 Å². The molecule has 0 aliphatic heterocycles. The van der Waals surface area contributed by atoms with Crippen molar-refractivity contribution in [3.8, 4) is 45.1 Å². The molecule has 0 bridgehead atoms. The highest BCUT2D eigenvalue weighted by Gasteiger charge is 2.18. The average molecular weight is 679 g/mol. The van der Waals surface area contributed by atoms with Crippen molar-refractivity contribution in [3.05, 3.63) is 182 Å². The number of aromatic nitrogens is 4. The Morgan fingerprint density at radius 2 is 1.09 bits per heavy atom. The van der Waals surface area contributed by atoms with Crippen LogP contribution in [0.2, 0.25) is 0 Å². The van der Waals surface area contributed by atoms with Crippen LogP contribution in [0.1, 0.15) is 0 Å². The fourth-order valence-corrected chi connectivity index (χ4v) is 7.95. The van der Waals surface area contributed by atoms with Crippen LogP contribution in [0.15, 0.2) is 187 Å². The van der Waals surface area contributed by atoms with E-state index < -0.39 is 0 Å². The van der Waals surface area contributed by atoms with Gasteiger partial charge in [-0.2, -0.15) is 0 Å². The Balaban J connectivity index is 1.02. The summed E-state index contributed by atoms with van der Waals surface area (Å²) < 4.78 is 11.0. The summed E-state index contributed by atoms with van der Waals surface area (Å²) in [6, 6.07) is 61.8. The van der Waals surface area contributed by atoms with E-state index in [9.17, 15) is 0 Å². The molecular weight excluding hydrogens is 649 g/mol. The summed E-state index contributed by atoms with van der Waals surface area (Å²) in [5.41, 5.74) is 13.6. The summed E-state index contributed by atoms with van der Waals surface area (Å²) >= 11 is 0. The molecule has 5 heteroatoms. The zero-order valence-electron chi connectivity index (χ0n) is 28.5. The molecule has 11 aromatic rings. The average Bonchev–Trinajstić information content (AvgIpc) is 3.91. The van der Waals surface area contributed by atoms with Gasteiger partial charge in [-0.15, -0.1) is 0 Å². The van der Waals surface area contributed by atoms with E-state index in [0.29, 0.717) is 0 Å². The number of fused-ring (bicyclic) bond motifs is 7. The number of hydrogen-bond acceptors (Lipinski definition) is 3. The first-order chi connectivity index (χ1) is 26.3. The highest BCUT2D eigenvalue weighted by Crippen LogP contribution is 2.40. The lowest BCUT2D eigenvalue weighted by Gasteiger charge is -2.13. The van der Waals surface area contributed by atoms with Gasteiger partial charge < -0.3 is 8.98 Å². The zero-order chi connectivity index (χ0) is 34.9. The smallest absolute Gasteiger partial charge is 0.145 e. The highest BCUT2D eigenvalue weighted by atomic mass is 16.3. The number of rotatable bonds is 5. The van der Waals surface area contributed by atoms with Gasteiger partial charge in [0.1, 0.15) is 17.0 Å². The number of hydrogen-bond donors (Lipinski definition) is 0. The Bertz CT molecular complexity index is 3150. The fraction of sp³-hybridized carbons (Fsp3) is 0. The molecule has 0 atom stereocenters. The van der Waals surface area contributed by atoms with Crippen molar-refractivity contribution < 1.29 is 4.42 Å². The Morgan fingerprint density at radius 3 is 1.92 bits per heavy atom. The lowest BCUT2D eigenvalue weighted by atomic mass is 10.0. The molecule has 0 amide bonds. The van der Waals surface area contributed by atoms with Crippen molar-refractivity contribution in [2.75, 3.05) is 0 Å². The van der Waals surface area contributed by atoms with E-state index in [4.69, 9.17) is 9.40 Å². The van der Waals surface area contributed by atoms with E-state index in [0.717, 1.165) is 89.2 Å². The molecule has 7 aromatic carbocycles. The first-order valence-electron chi connectivity index (χ1n) is 17.8. The molecule has 0 fully saturated rings. The molecule has 0 N–H and O–H groups in total. The predicted octanol–water partition coefficient (Wildman–Crippen LogP) is 12.4. The van der Waals surface area contributed by atoms with Crippen LogP contribution in [0.25, 0.3) is 99.9 Å². The molecular formula is C48H30N4O. The number of pyridine rings is 1. The number of furan rings is 1. The molecule has 248 valence electrons. The maximum Gasteiger partial charge on any atom is 0.145 e. The zero-order valence-corrected chi connectivity index (χ0v) is 28.5. The highest BCUT2D eigenvalue weighted by molar-refractivity contribution is 6.13. The summed E-state index contributed by atoms with van der Waals surface area (Å²) in [4.78, 5) is 9.64. The second-order valence-corrected chi connectivity index (χ2v) is 13.4. The van der Waals surface area contributed by atoms with Crippen molar-refractivity contribution in [2.24, 2.45) is 0 Å². The molecule has 0 saturated heterocycles. The van der Waals surface area contributed by atoms with Gasteiger partial charge in [0, 0.05) is 55.8 Å². The lowest BCUT2D eigenvalue weighted by molar-refractivity contribution is 0.670. The molecule has 4 aromatic heterocycles. The van der Waals surface area contributed by atoms with Crippen LogP contribution >= 0.6 is 0 Å². The molecule has 0 aliphatic rings. The monoisotopic (exact) mass is 678 g/mol. The van der Waals surface area contributed by atoms with Gasteiger partial charge in [0.2, 0.25) is 0 Å². The van der Waals surface area contributed by atoms with Crippen LogP contribution in [0.4, 0.5) is 0 Å². The van der Waals surface area contributed by atoms with Crippen molar-refractivity contribution in [1.29, 1.82) is 0 Å². The van der Waals surface area contributed by atoms with E-state index in [1.165, 1.54) is 10.8 Å². The Morgan fingerprint density at radius 1 is 0.434 bits per heavy atom. The third-order valence-corrected chi connectivity index (χ3v) is 10.4. The standard InChI is InChI=1S/C48H30N4O/c1-4-16-43-37(10-1)40-30-33(36-12-9-13-39-38-11-2-6-18-46(38)53-47(36)39)23-28-44(40)51(43)34-24-26-35(27-25-34)52-45-17-5-3-15-42(45)50-48(52)32-21-19-31(20-22-32)41-14-7-8-29-49-41/h1-30H. The van der Waals surface area contributed by atoms with Gasteiger partial charge in [-0.05, 0) is 78.4 Å². The third kappa shape index (κ3) is 4.64.